The van der Waals surface area contributed by atoms with Crippen molar-refractivity contribution in [2.45, 2.75) is 32.1 Å². The van der Waals surface area contributed by atoms with E-state index in [2.05, 4.69) is 5.32 Å². The molecule has 1 saturated heterocycles. The molecular formula is C15H23FN2O2. The summed E-state index contributed by atoms with van der Waals surface area (Å²) >= 11 is 0. The Balaban J connectivity index is 2.21. The minimum atomic E-state index is -0.401. The average Bonchev–Trinajstić information content (AvgIpc) is 2.37. The smallest absolute Gasteiger partial charge is 0.146 e. The number of halogens is 1. The Morgan fingerprint density at radius 1 is 1.50 bits per heavy atom. The molecule has 2 rings (SSSR count). The summed E-state index contributed by atoms with van der Waals surface area (Å²) in [6, 6.07) is 5.28. The van der Waals surface area contributed by atoms with Crippen molar-refractivity contribution in [3.8, 4) is 0 Å². The molecule has 112 valence electrons. The maximum Gasteiger partial charge on any atom is 0.146 e. The van der Waals surface area contributed by atoms with Crippen LogP contribution in [0.3, 0.4) is 0 Å². The van der Waals surface area contributed by atoms with Gasteiger partial charge in [-0.2, -0.15) is 0 Å². The summed E-state index contributed by atoms with van der Waals surface area (Å²) in [5, 5.41) is 12.3. The molecule has 4 nitrogen and oxygen atoms in total. The summed E-state index contributed by atoms with van der Waals surface area (Å²) < 4.78 is 20.0. The number of aliphatic hydroxyl groups excluding tert-OH is 1. The minimum absolute atomic E-state index is 0.0562. The second-order valence-corrected chi connectivity index (χ2v) is 5.88. The van der Waals surface area contributed by atoms with E-state index in [1.165, 1.54) is 0 Å². The summed E-state index contributed by atoms with van der Waals surface area (Å²) in [6.45, 7) is 5.60. The third-order valence-electron chi connectivity index (χ3n) is 3.42. The van der Waals surface area contributed by atoms with Gasteiger partial charge in [0, 0.05) is 19.6 Å². The van der Waals surface area contributed by atoms with Gasteiger partial charge in [0.05, 0.1) is 24.0 Å². The van der Waals surface area contributed by atoms with Gasteiger partial charge in [-0.3, -0.25) is 0 Å². The molecule has 1 heterocycles. The van der Waals surface area contributed by atoms with Gasteiger partial charge >= 0.3 is 0 Å². The van der Waals surface area contributed by atoms with Crippen molar-refractivity contribution in [1.82, 2.24) is 5.32 Å². The number of ether oxygens (including phenoxy) is 1. The molecule has 0 radical (unpaired) electrons. The van der Waals surface area contributed by atoms with Crippen molar-refractivity contribution in [2.24, 2.45) is 0 Å². The first kappa shape index (κ1) is 15.2. The van der Waals surface area contributed by atoms with Crippen molar-refractivity contribution in [3.63, 3.8) is 0 Å². The van der Waals surface area contributed by atoms with Crippen LogP contribution in [0.15, 0.2) is 18.2 Å². The number of nitrogens with one attached hydrogen (secondary N) is 1. The molecule has 0 bridgehead atoms. The Hall–Kier alpha value is -1.17. The lowest BCUT2D eigenvalue weighted by Gasteiger charge is -2.43. The van der Waals surface area contributed by atoms with Gasteiger partial charge in [-0.1, -0.05) is 6.07 Å². The quantitative estimate of drug-likeness (QED) is 0.879. The summed E-state index contributed by atoms with van der Waals surface area (Å²) in [5.74, 6) is -0.230. The highest BCUT2D eigenvalue weighted by atomic mass is 19.1. The van der Waals surface area contributed by atoms with Crippen molar-refractivity contribution in [2.75, 3.05) is 31.6 Å². The number of hydrogen-bond donors (Lipinski definition) is 2. The van der Waals surface area contributed by atoms with E-state index >= 15 is 0 Å². The number of rotatable bonds is 4. The lowest BCUT2D eigenvalue weighted by Crippen LogP contribution is -2.54. The third-order valence-corrected chi connectivity index (χ3v) is 3.42. The second-order valence-electron chi connectivity index (χ2n) is 5.88. The minimum Gasteiger partial charge on any atom is -0.394 e. The van der Waals surface area contributed by atoms with E-state index in [-0.39, 0.29) is 18.5 Å². The Labute approximate surface area is 119 Å². The van der Waals surface area contributed by atoms with Gasteiger partial charge in [-0.05, 0) is 38.6 Å². The van der Waals surface area contributed by atoms with Crippen LogP contribution in [-0.2, 0) is 11.3 Å². The fraction of sp³-hybridized carbons (Fsp3) is 0.600. The summed E-state index contributed by atoms with van der Waals surface area (Å²) in [4.78, 5) is 1.95. The first-order chi connectivity index (χ1) is 9.45. The zero-order valence-electron chi connectivity index (χ0n) is 12.3. The predicted octanol–water partition coefficient (Wildman–Crippen LogP) is 1.52. The standard InChI is InChI=1S/C15H23FN2O2/c1-15(2)10-18(8-12(9-19)20-15)14-5-4-11(7-17-3)6-13(14)16/h4-6,12,17,19H,7-10H2,1-3H3. The van der Waals surface area contributed by atoms with E-state index in [9.17, 15) is 9.50 Å². The zero-order chi connectivity index (χ0) is 14.8. The van der Waals surface area contributed by atoms with Gasteiger partial charge in [-0.25, -0.2) is 4.39 Å². The van der Waals surface area contributed by atoms with Crippen molar-refractivity contribution < 1.29 is 14.2 Å². The lowest BCUT2D eigenvalue weighted by atomic mass is 10.0. The Morgan fingerprint density at radius 3 is 2.85 bits per heavy atom. The van der Waals surface area contributed by atoms with Crippen LogP contribution in [0.4, 0.5) is 10.1 Å². The largest absolute Gasteiger partial charge is 0.394 e. The predicted molar refractivity (Wildman–Crippen MR) is 77.4 cm³/mol. The van der Waals surface area contributed by atoms with E-state index in [4.69, 9.17) is 4.74 Å². The fourth-order valence-electron chi connectivity index (χ4n) is 2.70. The van der Waals surface area contributed by atoms with E-state index in [1.54, 1.807) is 12.1 Å². The molecule has 0 amide bonds. The monoisotopic (exact) mass is 282 g/mol. The zero-order valence-corrected chi connectivity index (χ0v) is 12.3. The first-order valence-corrected chi connectivity index (χ1v) is 6.92. The molecule has 2 N–H and O–H groups in total. The third kappa shape index (κ3) is 3.48. The normalized spacial score (nSPS) is 22.1. The molecule has 1 atom stereocenters. The van der Waals surface area contributed by atoms with E-state index < -0.39 is 5.60 Å². The Kier molecular flexibility index (Phi) is 4.62. The van der Waals surface area contributed by atoms with Crippen LogP contribution < -0.4 is 10.2 Å². The van der Waals surface area contributed by atoms with E-state index in [0.29, 0.717) is 25.3 Å². The highest BCUT2D eigenvalue weighted by molar-refractivity contribution is 5.50. The van der Waals surface area contributed by atoms with Crippen LogP contribution in [0.5, 0.6) is 0 Å². The molecule has 5 heteroatoms. The first-order valence-electron chi connectivity index (χ1n) is 6.92. The lowest BCUT2D eigenvalue weighted by molar-refractivity contribution is -0.101. The van der Waals surface area contributed by atoms with E-state index in [0.717, 1.165) is 5.56 Å². The van der Waals surface area contributed by atoms with Crippen LogP contribution >= 0.6 is 0 Å². The highest BCUT2D eigenvalue weighted by Crippen LogP contribution is 2.28. The molecule has 1 unspecified atom stereocenters. The van der Waals surface area contributed by atoms with Crippen LogP contribution in [0.1, 0.15) is 19.4 Å². The number of anilines is 1. The topological polar surface area (TPSA) is 44.7 Å². The van der Waals surface area contributed by atoms with Gasteiger partial charge in [0.25, 0.3) is 0 Å². The molecule has 20 heavy (non-hydrogen) atoms. The number of morpholine rings is 1. The molecular weight excluding hydrogens is 259 g/mol. The number of benzene rings is 1. The average molecular weight is 282 g/mol. The van der Waals surface area contributed by atoms with Gasteiger partial charge in [0.15, 0.2) is 0 Å². The van der Waals surface area contributed by atoms with Gasteiger partial charge in [-0.15, -0.1) is 0 Å². The molecule has 0 aromatic heterocycles. The molecule has 1 fully saturated rings. The van der Waals surface area contributed by atoms with Crippen molar-refractivity contribution >= 4 is 5.69 Å². The van der Waals surface area contributed by atoms with Crippen LogP contribution in [0.25, 0.3) is 0 Å². The molecule has 1 aromatic rings. The van der Waals surface area contributed by atoms with Crippen molar-refractivity contribution in [1.29, 1.82) is 0 Å². The summed E-state index contributed by atoms with van der Waals surface area (Å²) in [7, 11) is 1.84. The van der Waals surface area contributed by atoms with Crippen LogP contribution in [0.2, 0.25) is 0 Å². The molecule has 0 aliphatic carbocycles. The number of hydrogen-bond acceptors (Lipinski definition) is 4. The molecule has 0 saturated carbocycles. The highest BCUT2D eigenvalue weighted by Gasteiger charge is 2.34. The van der Waals surface area contributed by atoms with Crippen molar-refractivity contribution in [3.05, 3.63) is 29.6 Å². The Morgan fingerprint density at radius 2 is 2.25 bits per heavy atom. The molecule has 0 spiro atoms. The maximum atomic E-state index is 14.3. The number of nitrogens with zero attached hydrogens (tertiary/aromatic N) is 1. The van der Waals surface area contributed by atoms with Crippen LogP contribution in [-0.4, -0.2) is 43.6 Å². The maximum absolute atomic E-state index is 14.3. The SMILES string of the molecule is CNCc1ccc(N2CC(CO)OC(C)(C)C2)c(F)c1. The number of aliphatic hydroxyl groups is 1. The molecule has 1 aliphatic heterocycles. The van der Waals surface area contributed by atoms with Crippen LogP contribution in [0, 0.1) is 5.82 Å². The summed E-state index contributed by atoms with van der Waals surface area (Å²) in [5.41, 5.74) is 1.08. The Bertz CT molecular complexity index is 465. The summed E-state index contributed by atoms with van der Waals surface area (Å²) in [6.07, 6.45) is -0.282. The van der Waals surface area contributed by atoms with Gasteiger partial charge < -0.3 is 20.1 Å². The molecule has 1 aliphatic rings. The molecule has 1 aromatic carbocycles. The van der Waals surface area contributed by atoms with Gasteiger partial charge in [0.1, 0.15) is 5.82 Å². The van der Waals surface area contributed by atoms with Gasteiger partial charge in [0.2, 0.25) is 0 Å². The van der Waals surface area contributed by atoms with E-state index in [1.807, 2.05) is 31.9 Å². The second kappa shape index (κ2) is 6.08. The fourth-order valence-corrected chi connectivity index (χ4v) is 2.70.